The number of aromatic amines is 2. The van der Waals surface area contributed by atoms with E-state index in [9.17, 15) is 28.8 Å². The molecule has 5 rings (SSSR count). The summed E-state index contributed by atoms with van der Waals surface area (Å²) in [6.45, 7) is 4.05. The first kappa shape index (κ1) is 51.1. The molecular weight excluding hydrogens is 873 g/mol. The third-order valence-electron chi connectivity index (χ3n) is 11.3. The molecule has 0 saturated carbocycles. The molecule has 0 radical (unpaired) electrons. The zero-order valence-corrected chi connectivity index (χ0v) is 39.0. The topological polar surface area (TPSA) is 311 Å². The molecule has 18 nitrogen and oxygen atoms in total. The second kappa shape index (κ2) is 25.2. The van der Waals surface area contributed by atoms with Crippen LogP contribution in [-0.2, 0) is 48.0 Å². The Morgan fingerprint density at radius 1 is 0.597 bits per heavy atom. The highest BCUT2D eigenvalue weighted by Crippen LogP contribution is 2.21. The molecule has 3 aromatic carbocycles. The predicted octanol–water partition coefficient (Wildman–Crippen LogP) is 1.77. The van der Waals surface area contributed by atoms with Crippen molar-refractivity contribution < 1.29 is 28.8 Å². The number of nitrogens with zero attached hydrogens (tertiary/aromatic N) is 1. The van der Waals surface area contributed by atoms with Crippen molar-refractivity contribution in [3.05, 3.63) is 108 Å². The van der Waals surface area contributed by atoms with Gasteiger partial charge in [-0.3, -0.25) is 33.8 Å². The molecule has 2 aromatic heterocycles. The fraction of sp³-hybridized carbons (Fsp3) is 0.396. The molecular formula is C48H64N12O6S. The van der Waals surface area contributed by atoms with Gasteiger partial charge in [0.15, 0.2) is 5.96 Å². The largest absolute Gasteiger partial charge is 0.370 e. The number of hydrogen-bond acceptors (Lipinski definition) is 9. The zero-order valence-electron chi connectivity index (χ0n) is 38.2. The van der Waals surface area contributed by atoms with Gasteiger partial charge in [0.2, 0.25) is 35.4 Å². The number of fused-ring (bicyclic) bond motifs is 2. The van der Waals surface area contributed by atoms with Gasteiger partial charge in [-0.1, -0.05) is 80.6 Å². The Hall–Kier alpha value is -6.86. The van der Waals surface area contributed by atoms with Gasteiger partial charge in [0.25, 0.3) is 0 Å². The minimum Gasteiger partial charge on any atom is -0.370 e. The number of nitrogens with one attached hydrogen (secondary N) is 7. The van der Waals surface area contributed by atoms with E-state index in [0.717, 1.165) is 27.4 Å². The second-order valence-electron chi connectivity index (χ2n) is 17.0. The van der Waals surface area contributed by atoms with Crippen LogP contribution in [0.1, 0.15) is 56.2 Å². The standard InChI is InChI=1S/C48H64N12O6S/c1-28(2)22-38(44(63)56-37(42(50)61)19-21-67-3)58-47(66)41(25-31-27-55-36-18-10-8-15-33(31)36)60-45(64)39(23-29-12-5-4-6-13-29)59-46(65)40(24-30-26-54-35-17-9-7-14-32(30)35)57-43(62)34(49)16-11-20-53-48(51)52/h4-10,12-15,17-18,26-28,34,37-41,54-55H,11,16,19-25,49H2,1-3H3,(H2,50,61)(H,56,63)(H,57,62)(H,58,66)(H,59,65)(H,60,64)(H4,51,52,53)/t34-,37-,38-,39-,40-,41-/m0/s1. The number of nitrogens with two attached hydrogens (primary N) is 4. The normalized spacial score (nSPS) is 14.0. The molecule has 0 fully saturated rings. The van der Waals surface area contributed by atoms with Crippen molar-refractivity contribution in [2.24, 2.45) is 33.8 Å². The molecule has 0 bridgehead atoms. The molecule has 15 N–H and O–H groups in total. The van der Waals surface area contributed by atoms with Gasteiger partial charge in [-0.2, -0.15) is 11.8 Å². The van der Waals surface area contributed by atoms with Crippen molar-refractivity contribution in [1.82, 2.24) is 36.6 Å². The average Bonchev–Trinajstić information content (AvgIpc) is 3.91. The van der Waals surface area contributed by atoms with Gasteiger partial charge < -0.3 is 59.5 Å². The maximum Gasteiger partial charge on any atom is 0.243 e. The summed E-state index contributed by atoms with van der Waals surface area (Å²) in [6.07, 6.45) is 6.61. The highest BCUT2D eigenvalue weighted by atomic mass is 32.2. The minimum atomic E-state index is -1.26. The molecule has 0 aliphatic heterocycles. The van der Waals surface area contributed by atoms with Crippen LogP contribution in [0.25, 0.3) is 21.8 Å². The van der Waals surface area contributed by atoms with E-state index in [0.29, 0.717) is 29.7 Å². The van der Waals surface area contributed by atoms with Crippen LogP contribution in [0.4, 0.5) is 0 Å². The Morgan fingerprint density at radius 2 is 1.06 bits per heavy atom. The van der Waals surface area contributed by atoms with Crippen LogP contribution in [0.3, 0.4) is 0 Å². The van der Waals surface area contributed by atoms with Gasteiger partial charge in [-0.05, 0) is 72.4 Å². The molecule has 2 heterocycles. The SMILES string of the molecule is CSCC[C@H](NC(=O)[C@H](CC(C)C)NC(=O)[C@H](Cc1c[nH]c2ccccc12)NC(=O)[C@H](Cc1ccccc1)NC(=O)[C@H](Cc1c[nH]c2ccccc12)NC(=O)[C@@H](N)CCCN=C(N)N)C(N)=O. The van der Waals surface area contributed by atoms with Gasteiger partial charge in [0.1, 0.15) is 30.2 Å². The van der Waals surface area contributed by atoms with Crippen LogP contribution in [0.2, 0.25) is 0 Å². The number of rotatable bonds is 26. The predicted molar refractivity (Wildman–Crippen MR) is 263 cm³/mol. The lowest BCUT2D eigenvalue weighted by Crippen LogP contribution is -2.60. The Bertz CT molecular complexity index is 2490. The van der Waals surface area contributed by atoms with Crippen molar-refractivity contribution in [1.29, 1.82) is 0 Å². The molecule has 0 spiro atoms. The summed E-state index contributed by atoms with van der Waals surface area (Å²) in [5.41, 5.74) is 26.6. The number of amides is 6. The van der Waals surface area contributed by atoms with Gasteiger partial charge in [-0.15, -0.1) is 0 Å². The van der Waals surface area contributed by atoms with Gasteiger partial charge in [0.05, 0.1) is 6.04 Å². The first-order chi connectivity index (χ1) is 32.1. The summed E-state index contributed by atoms with van der Waals surface area (Å²) < 4.78 is 0. The number of H-pyrrole nitrogens is 2. The molecule has 358 valence electrons. The number of aromatic nitrogens is 2. The molecule has 6 amide bonds. The van der Waals surface area contributed by atoms with E-state index >= 15 is 0 Å². The Balaban J connectivity index is 1.45. The van der Waals surface area contributed by atoms with Crippen molar-refractivity contribution in [3.8, 4) is 0 Å². The zero-order chi connectivity index (χ0) is 48.5. The first-order valence-electron chi connectivity index (χ1n) is 22.4. The molecule has 0 saturated heterocycles. The van der Waals surface area contributed by atoms with E-state index in [1.165, 1.54) is 11.8 Å². The van der Waals surface area contributed by atoms with Crippen molar-refractivity contribution >= 4 is 75.0 Å². The summed E-state index contributed by atoms with van der Waals surface area (Å²) in [7, 11) is 0. The second-order valence-corrected chi connectivity index (χ2v) is 18.0. The van der Waals surface area contributed by atoms with Crippen LogP contribution in [0.5, 0.6) is 0 Å². The number of thioether (sulfide) groups is 1. The van der Waals surface area contributed by atoms with E-state index in [-0.39, 0.29) is 50.5 Å². The number of hydrogen-bond donors (Lipinski definition) is 11. The van der Waals surface area contributed by atoms with Crippen LogP contribution in [0, 0.1) is 5.92 Å². The van der Waals surface area contributed by atoms with Crippen molar-refractivity contribution in [3.63, 3.8) is 0 Å². The molecule has 6 atom stereocenters. The number of primary amides is 1. The maximum atomic E-state index is 14.8. The third kappa shape index (κ3) is 15.4. The van der Waals surface area contributed by atoms with Gasteiger partial charge in [0, 0.05) is 60.0 Å². The van der Waals surface area contributed by atoms with E-state index < -0.39 is 71.7 Å². The molecule has 19 heteroatoms. The molecule has 5 aromatic rings. The number of carbonyl (C=O) groups is 6. The van der Waals surface area contributed by atoms with Gasteiger partial charge in [-0.25, -0.2) is 0 Å². The monoisotopic (exact) mass is 936 g/mol. The number of aliphatic imine (C=N–C) groups is 1. The quantitative estimate of drug-likeness (QED) is 0.0217. The van der Waals surface area contributed by atoms with E-state index in [1.54, 1.807) is 24.5 Å². The third-order valence-corrected chi connectivity index (χ3v) is 11.9. The Labute approximate surface area is 394 Å². The van der Waals surface area contributed by atoms with Crippen LogP contribution in [-0.4, -0.2) is 106 Å². The summed E-state index contributed by atoms with van der Waals surface area (Å²) in [4.78, 5) is 94.0. The highest BCUT2D eigenvalue weighted by Gasteiger charge is 2.34. The summed E-state index contributed by atoms with van der Waals surface area (Å²) in [5, 5.41) is 15.9. The number of benzene rings is 3. The lowest BCUT2D eigenvalue weighted by atomic mass is 9.99. The van der Waals surface area contributed by atoms with Crippen LogP contribution < -0.4 is 49.5 Å². The van der Waals surface area contributed by atoms with E-state index in [4.69, 9.17) is 22.9 Å². The van der Waals surface area contributed by atoms with E-state index in [2.05, 4.69) is 41.5 Å². The minimum absolute atomic E-state index is 0.00155. The number of guanidine groups is 1. The summed E-state index contributed by atoms with van der Waals surface area (Å²) in [5.74, 6) is -3.46. The Kier molecular flexibility index (Phi) is 19.2. The molecule has 0 aliphatic carbocycles. The summed E-state index contributed by atoms with van der Waals surface area (Å²) >= 11 is 1.50. The van der Waals surface area contributed by atoms with Crippen LogP contribution in [0.15, 0.2) is 96.2 Å². The number of carbonyl (C=O) groups excluding carboxylic acids is 6. The van der Waals surface area contributed by atoms with Crippen LogP contribution >= 0.6 is 11.8 Å². The molecule has 0 aliphatic rings. The molecule has 0 unspecified atom stereocenters. The lowest BCUT2D eigenvalue weighted by molar-refractivity contribution is -0.135. The maximum absolute atomic E-state index is 14.8. The smallest absolute Gasteiger partial charge is 0.243 e. The van der Waals surface area contributed by atoms with Gasteiger partial charge >= 0.3 is 0 Å². The fourth-order valence-corrected chi connectivity index (χ4v) is 8.23. The first-order valence-corrected chi connectivity index (χ1v) is 23.8. The van der Waals surface area contributed by atoms with Crippen molar-refractivity contribution in [2.45, 2.75) is 95.0 Å². The highest BCUT2D eigenvalue weighted by molar-refractivity contribution is 7.98. The number of para-hydroxylation sites is 2. The fourth-order valence-electron chi connectivity index (χ4n) is 7.76. The lowest BCUT2D eigenvalue weighted by Gasteiger charge is -2.28. The average molecular weight is 937 g/mol. The van der Waals surface area contributed by atoms with Crippen molar-refractivity contribution in [2.75, 3.05) is 18.6 Å². The summed E-state index contributed by atoms with van der Waals surface area (Å²) in [6, 6.07) is 17.3. The Morgan fingerprint density at radius 3 is 1.57 bits per heavy atom. The van der Waals surface area contributed by atoms with E-state index in [1.807, 2.05) is 86.8 Å². The molecule has 67 heavy (non-hydrogen) atoms.